The largest absolute Gasteiger partial charge is 0.394 e. The van der Waals surface area contributed by atoms with Crippen molar-refractivity contribution in [1.82, 2.24) is 0 Å². The smallest absolute Gasteiger partial charge is 0.186 e. The molecule has 0 spiro atoms. The van der Waals surface area contributed by atoms with E-state index in [4.69, 9.17) is 10.2 Å². The summed E-state index contributed by atoms with van der Waals surface area (Å²) in [5.41, 5.74) is 0. The number of hydrogen-bond acceptors (Lipinski definition) is 3. The third-order valence-electron chi connectivity index (χ3n) is 1.33. The molecule has 0 aliphatic carbocycles. The van der Waals surface area contributed by atoms with Gasteiger partial charge in [-0.3, -0.25) is 0 Å². The number of ether oxygens (including phenoxy) is 1. The lowest BCUT2D eigenvalue weighted by molar-refractivity contribution is -0.119. The summed E-state index contributed by atoms with van der Waals surface area (Å²) in [7, 11) is 0. The summed E-state index contributed by atoms with van der Waals surface area (Å²) in [5, 5.41) is 17.0. The molecule has 3 nitrogen and oxygen atoms in total. The molecule has 1 fully saturated rings. The van der Waals surface area contributed by atoms with E-state index in [0.29, 0.717) is 0 Å². The second kappa shape index (κ2) is 2.60. The molecule has 4 heteroatoms. The van der Waals surface area contributed by atoms with E-state index in [-0.39, 0.29) is 13.0 Å². The van der Waals surface area contributed by atoms with E-state index in [0.717, 1.165) is 0 Å². The van der Waals surface area contributed by atoms with Crippen LogP contribution in [0.2, 0.25) is 0 Å². The van der Waals surface area contributed by atoms with Crippen molar-refractivity contribution in [3.05, 3.63) is 0 Å². The highest BCUT2D eigenvalue weighted by atomic mass is 19.1. The topological polar surface area (TPSA) is 49.7 Å². The van der Waals surface area contributed by atoms with Crippen LogP contribution in [0.5, 0.6) is 0 Å². The Morgan fingerprint density at radius 1 is 1.67 bits per heavy atom. The standard InChI is InChI=1S/C5H9FO3/c6-4-1-3(2-7)9-5(4)8/h3-5,7-8H,1-2H2/t3-,4-,5+/m0/s1. The Kier molecular flexibility index (Phi) is 2.00. The predicted molar refractivity (Wildman–Crippen MR) is 27.5 cm³/mol. The molecule has 0 radical (unpaired) electrons. The Labute approximate surface area is 52.1 Å². The summed E-state index contributed by atoms with van der Waals surface area (Å²) >= 11 is 0. The highest BCUT2D eigenvalue weighted by Gasteiger charge is 2.33. The van der Waals surface area contributed by atoms with Crippen LogP contribution >= 0.6 is 0 Å². The van der Waals surface area contributed by atoms with Gasteiger partial charge in [0.15, 0.2) is 12.5 Å². The number of aliphatic hydroxyl groups is 2. The molecule has 0 saturated carbocycles. The first-order valence-corrected chi connectivity index (χ1v) is 2.82. The Morgan fingerprint density at radius 2 is 2.33 bits per heavy atom. The van der Waals surface area contributed by atoms with Gasteiger partial charge in [0.05, 0.1) is 12.7 Å². The van der Waals surface area contributed by atoms with E-state index in [2.05, 4.69) is 4.74 Å². The molecule has 0 aromatic rings. The molecule has 2 N–H and O–H groups in total. The van der Waals surface area contributed by atoms with E-state index in [1.807, 2.05) is 0 Å². The quantitative estimate of drug-likeness (QED) is 0.507. The summed E-state index contributed by atoms with van der Waals surface area (Å²) in [6.45, 7) is -0.225. The zero-order chi connectivity index (χ0) is 6.85. The van der Waals surface area contributed by atoms with Gasteiger partial charge in [0.25, 0.3) is 0 Å². The molecular weight excluding hydrogens is 127 g/mol. The van der Waals surface area contributed by atoms with Gasteiger partial charge in [-0.15, -0.1) is 0 Å². The van der Waals surface area contributed by atoms with E-state index >= 15 is 0 Å². The summed E-state index contributed by atoms with van der Waals surface area (Å²) in [4.78, 5) is 0. The van der Waals surface area contributed by atoms with E-state index < -0.39 is 18.6 Å². The SMILES string of the molecule is OC[C@@H]1C[C@H](F)[C@H](O)O1. The summed E-state index contributed by atoms with van der Waals surface area (Å²) < 4.78 is 16.8. The Balaban J connectivity index is 2.35. The fourth-order valence-corrected chi connectivity index (χ4v) is 0.823. The van der Waals surface area contributed by atoms with E-state index in [9.17, 15) is 4.39 Å². The molecule has 54 valence electrons. The average Bonchev–Trinajstić information content (AvgIpc) is 2.13. The van der Waals surface area contributed by atoms with Crippen LogP contribution in [-0.4, -0.2) is 35.4 Å². The lowest BCUT2D eigenvalue weighted by atomic mass is 10.2. The maximum Gasteiger partial charge on any atom is 0.186 e. The molecule has 1 aliphatic rings. The third-order valence-corrected chi connectivity index (χ3v) is 1.33. The predicted octanol–water partition coefficient (Wildman–Crippen LogP) is -0.576. The normalized spacial score (nSPS) is 43.7. The van der Waals surface area contributed by atoms with Gasteiger partial charge < -0.3 is 14.9 Å². The Bertz CT molecular complexity index is 88.2. The number of halogens is 1. The van der Waals surface area contributed by atoms with Crippen LogP contribution in [0.1, 0.15) is 6.42 Å². The summed E-state index contributed by atoms with van der Waals surface area (Å²) in [6.07, 6.45) is -3.09. The van der Waals surface area contributed by atoms with Gasteiger partial charge in [0.1, 0.15) is 0 Å². The van der Waals surface area contributed by atoms with Crippen LogP contribution in [0, 0.1) is 0 Å². The van der Waals surface area contributed by atoms with Crippen molar-refractivity contribution in [2.24, 2.45) is 0 Å². The minimum Gasteiger partial charge on any atom is -0.394 e. The van der Waals surface area contributed by atoms with Crippen molar-refractivity contribution in [2.75, 3.05) is 6.61 Å². The maximum atomic E-state index is 12.3. The highest BCUT2D eigenvalue weighted by Crippen LogP contribution is 2.20. The van der Waals surface area contributed by atoms with Crippen molar-refractivity contribution in [1.29, 1.82) is 0 Å². The van der Waals surface area contributed by atoms with E-state index in [1.54, 1.807) is 0 Å². The molecule has 0 bridgehead atoms. The molecule has 0 unspecified atom stereocenters. The number of alkyl halides is 1. The van der Waals surface area contributed by atoms with Crippen molar-refractivity contribution in [2.45, 2.75) is 25.0 Å². The van der Waals surface area contributed by atoms with Crippen molar-refractivity contribution in [3.63, 3.8) is 0 Å². The molecule has 1 heterocycles. The zero-order valence-electron chi connectivity index (χ0n) is 4.83. The molecule has 1 saturated heterocycles. The molecule has 0 aromatic carbocycles. The van der Waals surface area contributed by atoms with Gasteiger partial charge in [0.2, 0.25) is 0 Å². The fraction of sp³-hybridized carbons (Fsp3) is 1.00. The van der Waals surface area contributed by atoms with Crippen LogP contribution in [0.3, 0.4) is 0 Å². The van der Waals surface area contributed by atoms with Gasteiger partial charge in [-0.2, -0.15) is 0 Å². The lowest BCUT2D eigenvalue weighted by Gasteiger charge is -2.04. The molecule has 0 aromatic heterocycles. The second-order valence-corrected chi connectivity index (χ2v) is 2.08. The minimum absolute atomic E-state index is 0.0949. The number of hydrogen-bond donors (Lipinski definition) is 2. The van der Waals surface area contributed by atoms with Crippen molar-refractivity contribution >= 4 is 0 Å². The summed E-state index contributed by atoms with van der Waals surface area (Å²) in [6, 6.07) is 0. The number of rotatable bonds is 1. The molecule has 3 atom stereocenters. The van der Waals surface area contributed by atoms with Crippen LogP contribution in [-0.2, 0) is 4.74 Å². The molecule has 1 aliphatic heterocycles. The Hall–Kier alpha value is -0.190. The zero-order valence-corrected chi connectivity index (χ0v) is 4.83. The van der Waals surface area contributed by atoms with Gasteiger partial charge in [0, 0.05) is 6.42 Å². The average molecular weight is 136 g/mol. The van der Waals surface area contributed by atoms with Crippen molar-refractivity contribution < 1.29 is 19.3 Å². The second-order valence-electron chi connectivity index (χ2n) is 2.08. The van der Waals surface area contributed by atoms with Crippen LogP contribution < -0.4 is 0 Å². The lowest BCUT2D eigenvalue weighted by Crippen LogP contribution is -2.16. The first-order valence-electron chi connectivity index (χ1n) is 2.82. The fourth-order valence-electron chi connectivity index (χ4n) is 0.823. The monoisotopic (exact) mass is 136 g/mol. The van der Waals surface area contributed by atoms with Crippen molar-refractivity contribution in [3.8, 4) is 0 Å². The highest BCUT2D eigenvalue weighted by molar-refractivity contribution is 4.74. The number of aliphatic hydroxyl groups excluding tert-OH is 2. The molecule has 9 heavy (non-hydrogen) atoms. The van der Waals surface area contributed by atoms with Gasteiger partial charge in [-0.05, 0) is 0 Å². The van der Waals surface area contributed by atoms with Crippen LogP contribution in [0.4, 0.5) is 4.39 Å². The first kappa shape index (κ1) is 6.92. The van der Waals surface area contributed by atoms with Gasteiger partial charge in [-0.25, -0.2) is 4.39 Å². The Morgan fingerprint density at radius 3 is 2.56 bits per heavy atom. The maximum absolute atomic E-state index is 12.3. The van der Waals surface area contributed by atoms with Crippen LogP contribution in [0.25, 0.3) is 0 Å². The minimum atomic E-state index is -1.33. The van der Waals surface area contributed by atoms with Gasteiger partial charge >= 0.3 is 0 Å². The van der Waals surface area contributed by atoms with Gasteiger partial charge in [-0.1, -0.05) is 0 Å². The first-order chi connectivity index (χ1) is 4.24. The third kappa shape index (κ3) is 1.38. The van der Waals surface area contributed by atoms with Crippen LogP contribution in [0.15, 0.2) is 0 Å². The molecule has 1 rings (SSSR count). The molecular formula is C5H9FO3. The summed E-state index contributed by atoms with van der Waals surface area (Å²) in [5.74, 6) is 0. The van der Waals surface area contributed by atoms with E-state index in [1.165, 1.54) is 0 Å². The molecule has 0 amide bonds.